The minimum absolute atomic E-state index is 0.0126. The van der Waals surface area contributed by atoms with Gasteiger partial charge in [-0.3, -0.25) is 4.79 Å². The third-order valence-electron chi connectivity index (χ3n) is 2.06. The van der Waals surface area contributed by atoms with Crippen LogP contribution < -0.4 is 5.56 Å². The zero-order valence-electron chi connectivity index (χ0n) is 8.26. The second-order valence-corrected chi connectivity index (χ2v) is 3.41. The van der Waals surface area contributed by atoms with E-state index in [1.54, 1.807) is 6.92 Å². The van der Waals surface area contributed by atoms with E-state index in [-0.39, 0.29) is 11.5 Å². The van der Waals surface area contributed by atoms with Crippen molar-refractivity contribution in [3.8, 4) is 0 Å². The molecule has 0 bridgehead atoms. The summed E-state index contributed by atoms with van der Waals surface area (Å²) in [7, 11) is 1.45. The topological polar surface area (TPSA) is 34.9 Å². The quantitative estimate of drug-likeness (QED) is 0.660. The summed E-state index contributed by atoms with van der Waals surface area (Å²) < 4.78 is 14.3. The largest absolute Gasteiger partial charge is 0.269 e. The van der Waals surface area contributed by atoms with Crippen LogP contribution >= 0.6 is 0 Å². The summed E-state index contributed by atoms with van der Waals surface area (Å²) in [6.07, 6.45) is 0. The fourth-order valence-corrected chi connectivity index (χ4v) is 1.41. The van der Waals surface area contributed by atoms with Crippen LogP contribution in [0, 0.1) is 12.9 Å². The highest BCUT2D eigenvalue weighted by Gasteiger charge is 2.15. The van der Waals surface area contributed by atoms with Crippen molar-refractivity contribution in [2.24, 2.45) is 7.05 Å². The van der Waals surface area contributed by atoms with Gasteiger partial charge in [-0.05, 0) is 12.8 Å². The Kier molecular flexibility index (Phi) is 2.50. The second kappa shape index (κ2) is 3.28. The average molecular weight is 184 g/mol. The average Bonchev–Trinajstić information content (AvgIpc) is 1.99. The first-order valence-electron chi connectivity index (χ1n) is 4.18. The van der Waals surface area contributed by atoms with E-state index in [4.69, 9.17) is 0 Å². The minimum Gasteiger partial charge on any atom is -0.268 e. The van der Waals surface area contributed by atoms with Gasteiger partial charge in [-0.2, -0.15) is 4.39 Å². The van der Waals surface area contributed by atoms with Crippen molar-refractivity contribution in [2.45, 2.75) is 26.7 Å². The number of rotatable bonds is 1. The van der Waals surface area contributed by atoms with Gasteiger partial charge in [-0.25, -0.2) is 4.68 Å². The molecular formula is C9H13FN2O. The molecule has 0 aliphatic carbocycles. The van der Waals surface area contributed by atoms with Gasteiger partial charge in [0.05, 0.1) is 0 Å². The Hall–Kier alpha value is -1.19. The molecule has 0 unspecified atom stereocenters. The summed E-state index contributed by atoms with van der Waals surface area (Å²) in [5, 5.41) is 3.49. The van der Waals surface area contributed by atoms with Gasteiger partial charge in [-0.15, -0.1) is 5.10 Å². The maximum atomic E-state index is 13.3. The van der Waals surface area contributed by atoms with Crippen molar-refractivity contribution in [2.75, 3.05) is 0 Å². The summed E-state index contributed by atoms with van der Waals surface area (Å²) >= 11 is 0. The Balaban J connectivity index is 3.53. The first-order chi connectivity index (χ1) is 5.95. The van der Waals surface area contributed by atoms with Gasteiger partial charge in [0.1, 0.15) is 0 Å². The van der Waals surface area contributed by atoms with Crippen LogP contribution in [0.1, 0.15) is 30.9 Å². The third-order valence-corrected chi connectivity index (χ3v) is 2.06. The van der Waals surface area contributed by atoms with Crippen LogP contribution in [0.15, 0.2) is 4.79 Å². The number of halogens is 1. The standard InChI is InChI=1S/C9H13FN2O/c1-5(2)7-6(3)9(13)12(4)11-8(7)10/h5H,1-4H3. The van der Waals surface area contributed by atoms with E-state index in [9.17, 15) is 9.18 Å². The van der Waals surface area contributed by atoms with Crippen LogP contribution in [0.5, 0.6) is 0 Å². The molecule has 1 rings (SSSR count). The zero-order chi connectivity index (χ0) is 10.2. The minimum atomic E-state index is -0.547. The molecule has 0 N–H and O–H groups in total. The van der Waals surface area contributed by atoms with Gasteiger partial charge < -0.3 is 0 Å². The third kappa shape index (κ3) is 1.61. The van der Waals surface area contributed by atoms with Crippen molar-refractivity contribution < 1.29 is 4.39 Å². The maximum absolute atomic E-state index is 13.3. The van der Waals surface area contributed by atoms with Crippen LogP contribution in [0.3, 0.4) is 0 Å². The van der Waals surface area contributed by atoms with Crippen molar-refractivity contribution in [1.29, 1.82) is 0 Å². The molecule has 0 saturated heterocycles. The van der Waals surface area contributed by atoms with Crippen LogP contribution in [0.4, 0.5) is 4.39 Å². The van der Waals surface area contributed by atoms with E-state index in [2.05, 4.69) is 5.10 Å². The molecule has 0 aliphatic rings. The van der Waals surface area contributed by atoms with E-state index < -0.39 is 5.95 Å². The van der Waals surface area contributed by atoms with Gasteiger partial charge in [0.15, 0.2) is 0 Å². The van der Waals surface area contributed by atoms with E-state index in [1.165, 1.54) is 7.05 Å². The molecule has 1 aromatic heterocycles. The molecule has 0 radical (unpaired) electrons. The van der Waals surface area contributed by atoms with Crippen molar-refractivity contribution in [3.05, 3.63) is 27.4 Å². The number of aromatic nitrogens is 2. The molecular weight excluding hydrogens is 171 g/mol. The molecule has 1 aromatic rings. The zero-order valence-corrected chi connectivity index (χ0v) is 8.26. The second-order valence-electron chi connectivity index (χ2n) is 3.41. The van der Waals surface area contributed by atoms with Gasteiger partial charge in [0, 0.05) is 18.2 Å². The van der Waals surface area contributed by atoms with Crippen molar-refractivity contribution >= 4 is 0 Å². The predicted molar refractivity (Wildman–Crippen MR) is 48.3 cm³/mol. The molecule has 13 heavy (non-hydrogen) atoms. The summed E-state index contributed by atoms with van der Waals surface area (Å²) in [6, 6.07) is 0. The van der Waals surface area contributed by atoms with E-state index in [0.29, 0.717) is 11.1 Å². The molecule has 0 aromatic carbocycles. The summed E-state index contributed by atoms with van der Waals surface area (Å²) in [5.41, 5.74) is 0.637. The maximum Gasteiger partial charge on any atom is 0.269 e. The van der Waals surface area contributed by atoms with E-state index in [0.717, 1.165) is 4.68 Å². The number of hydrogen-bond donors (Lipinski definition) is 0. The molecule has 72 valence electrons. The molecule has 0 atom stereocenters. The lowest BCUT2D eigenvalue weighted by atomic mass is 10.0. The number of aryl methyl sites for hydroxylation is 1. The van der Waals surface area contributed by atoms with E-state index in [1.807, 2.05) is 13.8 Å². The van der Waals surface area contributed by atoms with Crippen LogP contribution in [-0.2, 0) is 7.05 Å². The molecule has 0 aliphatic heterocycles. The molecule has 0 spiro atoms. The lowest BCUT2D eigenvalue weighted by Crippen LogP contribution is -2.25. The first kappa shape index (κ1) is 9.89. The lowest BCUT2D eigenvalue weighted by Gasteiger charge is -2.10. The Labute approximate surface area is 76.2 Å². The molecule has 0 amide bonds. The van der Waals surface area contributed by atoms with Crippen LogP contribution in [0.25, 0.3) is 0 Å². The number of hydrogen-bond acceptors (Lipinski definition) is 2. The molecule has 0 saturated carbocycles. The summed E-state index contributed by atoms with van der Waals surface area (Å²) in [6.45, 7) is 5.31. The van der Waals surface area contributed by atoms with Crippen molar-refractivity contribution in [1.82, 2.24) is 9.78 Å². The van der Waals surface area contributed by atoms with Gasteiger partial charge in [-0.1, -0.05) is 13.8 Å². The lowest BCUT2D eigenvalue weighted by molar-refractivity contribution is 0.493. The fourth-order valence-electron chi connectivity index (χ4n) is 1.41. The Morgan fingerprint density at radius 3 is 2.46 bits per heavy atom. The van der Waals surface area contributed by atoms with Gasteiger partial charge in [0.25, 0.3) is 5.56 Å². The summed E-state index contributed by atoms with van der Waals surface area (Å²) in [4.78, 5) is 11.4. The molecule has 4 heteroatoms. The highest BCUT2D eigenvalue weighted by molar-refractivity contribution is 5.23. The normalized spacial score (nSPS) is 10.9. The highest BCUT2D eigenvalue weighted by atomic mass is 19.1. The van der Waals surface area contributed by atoms with Crippen LogP contribution in [-0.4, -0.2) is 9.78 Å². The monoisotopic (exact) mass is 184 g/mol. The van der Waals surface area contributed by atoms with Gasteiger partial charge >= 0.3 is 0 Å². The summed E-state index contributed by atoms with van der Waals surface area (Å²) in [5.74, 6) is -0.559. The number of nitrogens with zero attached hydrogens (tertiary/aromatic N) is 2. The fraction of sp³-hybridized carbons (Fsp3) is 0.556. The van der Waals surface area contributed by atoms with Crippen molar-refractivity contribution in [3.63, 3.8) is 0 Å². The first-order valence-corrected chi connectivity index (χ1v) is 4.18. The Morgan fingerprint density at radius 1 is 1.46 bits per heavy atom. The molecule has 0 fully saturated rings. The molecule has 1 heterocycles. The van der Waals surface area contributed by atoms with E-state index >= 15 is 0 Å². The smallest absolute Gasteiger partial charge is 0.268 e. The predicted octanol–water partition coefficient (Wildman–Crippen LogP) is 1.35. The van der Waals surface area contributed by atoms with Crippen LogP contribution in [0.2, 0.25) is 0 Å². The Bertz CT molecular complexity index is 382. The highest BCUT2D eigenvalue weighted by Crippen LogP contribution is 2.17. The Morgan fingerprint density at radius 2 is 2.00 bits per heavy atom. The SMILES string of the molecule is Cc1c(C(C)C)c(F)nn(C)c1=O. The van der Waals surface area contributed by atoms with Gasteiger partial charge in [0.2, 0.25) is 5.95 Å². The molecule has 3 nitrogen and oxygen atoms in total.